The molecule has 1 aliphatic rings. The van der Waals surface area contributed by atoms with E-state index in [-0.39, 0.29) is 11.9 Å². The second-order valence-corrected chi connectivity index (χ2v) is 6.40. The molecule has 1 saturated heterocycles. The highest BCUT2D eigenvalue weighted by molar-refractivity contribution is 7.09. The van der Waals surface area contributed by atoms with E-state index >= 15 is 0 Å². The standard InChI is InChI=1S/C14H23N3OS/c1-10(2)14-16-11(9-19-14)6-7-15-13(18)12-5-4-8-17(12)3/h9-10,12H,4-8H2,1-3H3,(H,15,18)/t12-/m0/s1. The van der Waals surface area contributed by atoms with Crippen LogP contribution in [-0.4, -0.2) is 42.0 Å². The van der Waals surface area contributed by atoms with E-state index in [2.05, 4.69) is 34.4 Å². The first-order valence-electron chi connectivity index (χ1n) is 7.00. The van der Waals surface area contributed by atoms with Crippen LogP contribution in [0.2, 0.25) is 0 Å². The third-order valence-corrected chi connectivity index (χ3v) is 4.76. The number of carbonyl (C=O) groups is 1. The number of amides is 1. The largest absolute Gasteiger partial charge is 0.354 e. The molecule has 1 aromatic rings. The Morgan fingerprint density at radius 2 is 2.42 bits per heavy atom. The Labute approximate surface area is 119 Å². The second-order valence-electron chi connectivity index (χ2n) is 5.51. The normalized spacial score (nSPS) is 20.1. The lowest BCUT2D eigenvalue weighted by Crippen LogP contribution is -2.42. The van der Waals surface area contributed by atoms with Crippen molar-refractivity contribution >= 4 is 17.2 Å². The molecular weight excluding hydrogens is 258 g/mol. The van der Waals surface area contributed by atoms with Crippen LogP contribution in [-0.2, 0) is 11.2 Å². The third-order valence-electron chi connectivity index (χ3n) is 3.57. The van der Waals surface area contributed by atoms with Crippen LogP contribution in [0.15, 0.2) is 5.38 Å². The van der Waals surface area contributed by atoms with Gasteiger partial charge in [0.25, 0.3) is 0 Å². The van der Waals surface area contributed by atoms with E-state index in [0.717, 1.165) is 31.5 Å². The smallest absolute Gasteiger partial charge is 0.237 e. The minimum atomic E-state index is 0.0710. The summed E-state index contributed by atoms with van der Waals surface area (Å²) in [4.78, 5) is 18.7. The fourth-order valence-corrected chi connectivity index (χ4v) is 3.25. The number of nitrogens with zero attached hydrogens (tertiary/aromatic N) is 2. The zero-order valence-electron chi connectivity index (χ0n) is 12.0. The van der Waals surface area contributed by atoms with Crippen molar-refractivity contribution in [1.82, 2.24) is 15.2 Å². The van der Waals surface area contributed by atoms with E-state index in [1.165, 1.54) is 5.01 Å². The van der Waals surface area contributed by atoms with Crippen LogP contribution < -0.4 is 5.32 Å². The number of carbonyl (C=O) groups excluding carboxylic acids is 1. The molecule has 1 N–H and O–H groups in total. The van der Waals surface area contributed by atoms with E-state index in [1.54, 1.807) is 11.3 Å². The van der Waals surface area contributed by atoms with Crippen molar-refractivity contribution in [2.45, 2.75) is 45.1 Å². The van der Waals surface area contributed by atoms with Gasteiger partial charge in [-0.15, -0.1) is 11.3 Å². The molecule has 4 nitrogen and oxygen atoms in total. The molecule has 1 amide bonds. The molecule has 0 spiro atoms. The van der Waals surface area contributed by atoms with Crippen molar-refractivity contribution in [3.63, 3.8) is 0 Å². The van der Waals surface area contributed by atoms with E-state index < -0.39 is 0 Å². The Morgan fingerprint density at radius 3 is 3.00 bits per heavy atom. The number of likely N-dealkylation sites (tertiary alicyclic amines) is 1. The van der Waals surface area contributed by atoms with Crippen LogP contribution in [0.3, 0.4) is 0 Å². The van der Waals surface area contributed by atoms with Crippen molar-refractivity contribution < 1.29 is 4.79 Å². The van der Waals surface area contributed by atoms with Crippen LogP contribution in [0.25, 0.3) is 0 Å². The first-order valence-corrected chi connectivity index (χ1v) is 7.88. The van der Waals surface area contributed by atoms with Crippen LogP contribution >= 0.6 is 11.3 Å². The van der Waals surface area contributed by atoms with E-state index in [9.17, 15) is 4.79 Å². The molecule has 0 bridgehead atoms. The molecule has 1 atom stereocenters. The summed E-state index contributed by atoms with van der Waals surface area (Å²) in [5.41, 5.74) is 1.09. The lowest BCUT2D eigenvalue weighted by atomic mass is 10.2. The maximum absolute atomic E-state index is 12.0. The Hall–Kier alpha value is -0.940. The van der Waals surface area contributed by atoms with Gasteiger partial charge in [0, 0.05) is 24.3 Å². The van der Waals surface area contributed by atoms with Crippen molar-refractivity contribution in [1.29, 1.82) is 0 Å². The van der Waals surface area contributed by atoms with Gasteiger partial charge < -0.3 is 5.32 Å². The quantitative estimate of drug-likeness (QED) is 0.898. The number of nitrogens with one attached hydrogen (secondary N) is 1. The van der Waals surface area contributed by atoms with Gasteiger partial charge in [-0.3, -0.25) is 9.69 Å². The molecule has 0 radical (unpaired) electrons. The second kappa shape index (κ2) is 6.48. The van der Waals surface area contributed by atoms with E-state index in [1.807, 2.05) is 7.05 Å². The van der Waals surface area contributed by atoms with Gasteiger partial charge in [0.15, 0.2) is 0 Å². The molecule has 1 aromatic heterocycles. The molecule has 1 aliphatic heterocycles. The number of likely N-dealkylation sites (N-methyl/N-ethyl adjacent to an activating group) is 1. The number of rotatable bonds is 5. The third kappa shape index (κ3) is 3.76. The molecule has 2 heterocycles. The Morgan fingerprint density at radius 1 is 1.63 bits per heavy atom. The lowest BCUT2D eigenvalue weighted by Gasteiger charge is -2.18. The van der Waals surface area contributed by atoms with Gasteiger partial charge in [-0.25, -0.2) is 4.98 Å². The van der Waals surface area contributed by atoms with Crippen LogP contribution in [0.1, 0.15) is 43.3 Å². The van der Waals surface area contributed by atoms with Gasteiger partial charge >= 0.3 is 0 Å². The topological polar surface area (TPSA) is 45.2 Å². The minimum absolute atomic E-state index is 0.0710. The van der Waals surface area contributed by atoms with E-state index in [0.29, 0.717) is 12.5 Å². The Bertz CT molecular complexity index is 430. The summed E-state index contributed by atoms with van der Waals surface area (Å²) < 4.78 is 0. The highest BCUT2D eigenvalue weighted by atomic mass is 32.1. The predicted octanol–water partition coefficient (Wildman–Crippen LogP) is 2.02. The summed E-state index contributed by atoms with van der Waals surface area (Å²) in [6.07, 6.45) is 2.93. The molecule has 106 valence electrons. The fourth-order valence-electron chi connectivity index (χ4n) is 2.38. The highest BCUT2D eigenvalue weighted by Gasteiger charge is 2.27. The molecule has 0 aliphatic carbocycles. The first kappa shape index (κ1) is 14.5. The van der Waals surface area contributed by atoms with Gasteiger partial charge in [0.05, 0.1) is 16.7 Å². The maximum atomic E-state index is 12.0. The van der Waals surface area contributed by atoms with Crippen LogP contribution in [0.5, 0.6) is 0 Å². The zero-order valence-corrected chi connectivity index (χ0v) is 12.8. The molecule has 2 rings (SSSR count). The average Bonchev–Trinajstić information content (AvgIpc) is 2.97. The maximum Gasteiger partial charge on any atom is 0.237 e. The van der Waals surface area contributed by atoms with Gasteiger partial charge in [-0.2, -0.15) is 0 Å². The predicted molar refractivity (Wildman–Crippen MR) is 78.6 cm³/mol. The Balaban J connectivity index is 1.75. The van der Waals surface area contributed by atoms with Gasteiger partial charge in [-0.1, -0.05) is 13.8 Å². The van der Waals surface area contributed by atoms with E-state index in [4.69, 9.17) is 0 Å². The summed E-state index contributed by atoms with van der Waals surface area (Å²) in [6.45, 7) is 6.02. The van der Waals surface area contributed by atoms with Crippen molar-refractivity contribution in [3.8, 4) is 0 Å². The van der Waals surface area contributed by atoms with Gasteiger partial charge in [0.1, 0.15) is 0 Å². The zero-order chi connectivity index (χ0) is 13.8. The molecule has 0 aromatic carbocycles. The summed E-state index contributed by atoms with van der Waals surface area (Å²) in [7, 11) is 2.02. The number of aromatic nitrogens is 1. The van der Waals surface area contributed by atoms with Crippen molar-refractivity contribution in [2.75, 3.05) is 20.1 Å². The molecule has 1 fully saturated rings. The molecular formula is C14H23N3OS. The lowest BCUT2D eigenvalue weighted by molar-refractivity contribution is -0.125. The minimum Gasteiger partial charge on any atom is -0.354 e. The first-order chi connectivity index (χ1) is 9.08. The van der Waals surface area contributed by atoms with Gasteiger partial charge in [0.2, 0.25) is 5.91 Å². The molecule has 5 heteroatoms. The van der Waals surface area contributed by atoms with Crippen molar-refractivity contribution in [2.24, 2.45) is 0 Å². The molecule has 19 heavy (non-hydrogen) atoms. The van der Waals surface area contributed by atoms with Crippen molar-refractivity contribution in [3.05, 3.63) is 16.1 Å². The monoisotopic (exact) mass is 281 g/mol. The summed E-state index contributed by atoms with van der Waals surface area (Å²) >= 11 is 1.71. The SMILES string of the molecule is CC(C)c1nc(CCNC(=O)[C@@H]2CCCN2C)cs1. The molecule has 0 unspecified atom stereocenters. The Kier molecular flexibility index (Phi) is 4.93. The average molecular weight is 281 g/mol. The highest BCUT2D eigenvalue weighted by Crippen LogP contribution is 2.19. The number of hydrogen-bond donors (Lipinski definition) is 1. The number of hydrogen-bond acceptors (Lipinski definition) is 4. The fraction of sp³-hybridized carbons (Fsp3) is 0.714. The molecule has 0 saturated carbocycles. The van der Waals surface area contributed by atoms with Crippen LogP contribution in [0, 0.1) is 0 Å². The summed E-state index contributed by atoms with van der Waals surface area (Å²) in [5.74, 6) is 0.653. The summed E-state index contributed by atoms with van der Waals surface area (Å²) in [5, 5.41) is 6.30. The number of thiazole rings is 1. The van der Waals surface area contributed by atoms with Gasteiger partial charge in [-0.05, 0) is 26.4 Å². The summed E-state index contributed by atoms with van der Waals surface area (Å²) in [6, 6.07) is 0.0710. The van der Waals surface area contributed by atoms with Crippen LogP contribution in [0.4, 0.5) is 0 Å².